The van der Waals surface area contributed by atoms with E-state index in [1.807, 2.05) is 29.2 Å². The van der Waals surface area contributed by atoms with Crippen LogP contribution < -0.4 is 19.3 Å². The maximum Gasteiger partial charge on any atom is 0.272 e. The van der Waals surface area contributed by atoms with Gasteiger partial charge in [0.25, 0.3) is 5.91 Å². The summed E-state index contributed by atoms with van der Waals surface area (Å²) in [5.41, 5.74) is 1.98. The van der Waals surface area contributed by atoms with Crippen LogP contribution in [0.1, 0.15) is 36.2 Å². The van der Waals surface area contributed by atoms with Gasteiger partial charge >= 0.3 is 0 Å². The third kappa shape index (κ3) is 5.33. The van der Waals surface area contributed by atoms with Crippen LogP contribution in [-0.2, 0) is 7.05 Å². The molecular weight excluding hydrogens is 470 g/mol. The maximum atomic E-state index is 13.4. The summed E-state index contributed by atoms with van der Waals surface area (Å²) in [5.74, 6) is 3.16. The van der Waals surface area contributed by atoms with E-state index in [1.54, 1.807) is 25.9 Å². The normalized spacial score (nSPS) is 16.5. The lowest BCUT2D eigenvalue weighted by atomic mass is 10.1. The van der Waals surface area contributed by atoms with Gasteiger partial charge in [0.15, 0.2) is 11.6 Å². The summed E-state index contributed by atoms with van der Waals surface area (Å²) in [6, 6.07) is 11.5. The minimum atomic E-state index is -0.0367. The number of benzene rings is 1. The van der Waals surface area contributed by atoms with E-state index in [-0.39, 0.29) is 5.91 Å². The third-order valence-electron chi connectivity index (χ3n) is 7.24. The van der Waals surface area contributed by atoms with Gasteiger partial charge in [-0.3, -0.25) is 9.48 Å². The van der Waals surface area contributed by atoms with Crippen molar-refractivity contribution in [2.75, 3.05) is 63.3 Å². The molecule has 0 N–H and O–H groups in total. The molecule has 37 heavy (non-hydrogen) atoms. The molecule has 2 aromatic heterocycles. The SMILES string of the molecule is COc1ccc(OC)c(-c2cc(C(=O)N3CCN(c4ccc(N5CCCCCC5)nn4)CC3)n(C)n2)c1. The molecule has 4 heterocycles. The molecule has 2 saturated heterocycles. The number of methoxy groups -OCH3 is 2. The highest BCUT2D eigenvalue weighted by Gasteiger charge is 2.26. The standard InChI is InChI=1S/C27H35N7O3/c1-31-23(19-22(30-31)21-18-20(36-2)8-9-24(21)37-3)27(35)34-16-14-33(15-17-34)26-11-10-25(28-29-26)32-12-6-4-5-7-13-32/h8-11,18-19H,4-7,12-17H2,1-3H3. The summed E-state index contributed by atoms with van der Waals surface area (Å²) in [7, 11) is 5.03. The number of carbonyl (C=O) groups excluding carboxylic acids is 1. The summed E-state index contributed by atoms with van der Waals surface area (Å²) >= 11 is 0. The van der Waals surface area contributed by atoms with Crippen LogP contribution in [0.2, 0.25) is 0 Å². The minimum absolute atomic E-state index is 0.0367. The van der Waals surface area contributed by atoms with Crippen molar-refractivity contribution < 1.29 is 14.3 Å². The Morgan fingerprint density at radius 3 is 2.03 bits per heavy atom. The van der Waals surface area contributed by atoms with Crippen molar-refractivity contribution in [1.82, 2.24) is 24.9 Å². The first-order chi connectivity index (χ1) is 18.1. The Labute approximate surface area is 217 Å². The van der Waals surface area contributed by atoms with Crippen LogP contribution in [0.15, 0.2) is 36.4 Å². The van der Waals surface area contributed by atoms with Crippen LogP contribution in [0.25, 0.3) is 11.3 Å². The smallest absolute Gasteiger partial charge is 0.272 e. The molecule has 0 bridgehead atoms. The van der Waals surface area contributed by atoms with Crippen molar-refractivity contribution in [2.24, 2.45) is 7.05 Å². The molecule has 196 valence electrons. The van der Waals surface area contributed by atoms with Crippen molar-refractivity contribution in [1.29, 1.82) is 0 Å². The van der Waals surface area contributed by atoms with Crippen molar-refractivity contribution in [3.8, 4) is 22.8 Å². The number of carbonyl (C=O) groups is 1. The Balaban J connectivity index is 1.24. The molecule has 0 spiro atoms. The molecule has 0 aliphatic carbocycles. The van der Waals surface area contributed by atoms with Gasteiger partial charge < -0.3 is 24.2 Å². The van der Waals surface area contributed by atoms with Crippen LogP contribution in [-0.4, -0.2) is 84.3 Å². The lowest BCUT2D eigenvalue weighted by Gasteiger charge is -2.35. The first-order valence-corrected chi connectivity index (χ1v) is 13.0. The van der Waals surface area contributed by atoms with Gasteiger partial charge in [-0.05, 0) is 49.2 Å². The van der Waals surface area contributed by atoms with E-state index in [0.29, 0.717) is 49.1 Å². The highest BCUT2D eigenvalue weighted by molar-refractivity contribution is 5.94. The average molecular weight is 506 g/mol. The van der Waals surface area contributed by atoms with E-state index in [1.165, 1.54) is 25.7 Å². The predicted molar refractivity (Wildman–Crippen MR) is 143 cm³/mol. The Bertz CT molecular complexity index is 1210. The second kappa shape index (κ2) is 11.1. The van der Waals surface area contributed by atoms with Gasteiger partial charge in [-0.25, -0.2) is 0 Å². The monoisotopic (exact) mass is 505 g/mol. The first kappa shape index (κ1) is 24.9. The van der Waals surface area contributed by atoms with E-state index in [9.17, 15) is 4.79 Å². The quantitative estimate of drug-likeness (QED) is 0.505. The van der Waals surface area contributed by atoms with Crippen molar-refractivity contribution in [3.63, 3.8) is 0 Å². The van der Waals surface area contributed by atoms with Gasteiger partial charge in [-0.15, -0.1) is 10.2 Å². The number of hydrogen-bond donors (Lipinski definition) is 0. The van der Waals surface area contributed by atoms with Gasteiger partial charge in [0.05, 0.1) is 19.9 Å². The second-order valence-electron chi connectivity index (χ2n) is 9.53. The van der Waals surface area contributed by atoms with Crippen LogP contribution in [0.3, 0.4) is 0 Å². The molecule has 2 aliphatic rings. The van der Waals surface area contributed by atoms with Crippen molar-refractivity contribution >= 4 is 17.5 Å². The second-order valence-corrected chi connectivity index (χ2v) is 9.53. The van der Waals surface area contributed by atoms with Crippen LogP contribution in [0.4, 0.5) is 11.6 Å². The maximum absolute atomic E-state index is 13.4. The highest BCUT2D eigenvalue weighted by Crippen LogP contribution is 2.33. The van der Waals surface area contributed by atoms with E-state index < -0.39 is 0 Å². The molecular formula is C27H35N7O3. The Hall–Kier alpha value is -3.82. The van der Waals surface area contributed by atoms with E-state index in [4.69, 9.17) is 9.47 Å². The molecule has 3 aromatic rings. The lowest BCUT2D eigenvalue weighted by Crippen LogP contribution is -2.49. The lowest BCUT2D eigenvalue weighted by molar-refractivity contribution is 0.0735. The topological polar surface area (TPSA) is 88.9 Å². The molecule has 1 amide bonds. The summed E-state index contributed by atoms with van der Waals surface area (Å²) in [5, 5.41) is 13.6. The van der Waals surface area contributed by atoms with Crippen molar-refractivity contribution in [2.45, 2.75) is 25.7 Å². The molecule has 2 fully saturated rings. The zero-order valence-corrected chi connectivity index (χ0v) is 21.9. The zero-order valence-electron chi connectivity index (χ0n) is 21.9. The number of anilines is 2. The molecule has 10 nitrogen and oxygen atoms in total. The summed E-state index contributed by atoms with van der Waals surface area (Å²) in [6.45, 7) is 4.73. The van der Waals surface area contributed by atoms with Gasteiger partial charge in [0, 0.05) is 51.9 Å². The molecule has 5 rings (SSSR count). The number of piperazine rings is 1. The average Bonchev–Trinajstić information content (AvgIpc) is 3.14. The molecule has 0 saturated carbocycles. The number of hydrogen-bond acceptors (Lipinski definition) is 8. The van der Waals surface area contributed by atoms with Crippen LogP contribution in [0, 0.1) is 0 Å². The minimum Gasteiger partial charge on any atom is -0.497 e. The fourth-order valence-electron chi connectivity index (χ4n) is 5.07. The van der Waals surface area contributed by atoms with Crippen LogP contribution >= 0.6 is 0 Å². The summed E-state index contributed by atoms with van der Waals surface area (Å²) in [6.07, 6.45) is 5.01. The van der Waals surface area contributed by atoms with Crippen molar-refractivity contribution in [3.05, 3.63) is 42.1 Å². The number of rotatable bonds is 6. The van der Waals surface area contributed by atoms with Gasteiger partial charge in [0.2, 0.25) is 0 Å². The van der Waals surface area contributed by atoms with Gasteiger partial charge in [-0.2, -0.15) is 5.10 Å². The predicted octanol–water partition coefficient (Wildman–Crippen LogP) is 3.24. The molecule has 1 aromatic carbocycles. The highest BCUT2D eigenvalue weighted by atomic mass is 16.5. The molecule has 0 atom stereocenters. The van der Waals surface area contributed by atoms with Gasteiger partial charge in [-0.1, -0.05) is 12.8 Å². The largest absolute Gasteiger partial charge is 0.497 e. The van der Waals surface area contributed by atoms with E-state index in [2.05, 4.69) is 37.2 Å². The Morgan fingerprint density at radius 1 is 0.784 bits per heavy atom. The molecule has 2 aliphatic heterocycles. The number of amides is 1. The number of aromatic nitrogens is 4. The zero-order chi connectivity index (χ0) is 25.8. The Morgan fingerprint density at radius 2 is 1.43 bits per heavy atom. The van der Waals surface area contributed by atoms with Gasteiger partial charge in [0.1, 0.15) is 17.2 Å². The number of aryl methyl sites for hydroxylation is 1. The van der Waals surface area contributed by atoms with E-state index in [0.717, 1.165) is 30.3 Å². The summed E-state index contributed by atoms with van der Waals surface area (Å²) < 4.78 is 12.5. The first-order valence-electron chi connectivity index (χ1n) is 13.0. The molecule has 0 unspecified atom stereocenters. The number of ether oxygens (including phenoxy) is 2. The molecule has 0 radical (unpaired) electrons. The fourth-order valence-corrected chi connectivity index (χ4v) is 5.07. The van der Waals surface area contributed by atoms with Crippen LogP contribution in [0.5, 0.6) is 11.5 Å². The van der Waals surface area contributed by atoms with E-state index >= 15 is 0 Å². The molecule has 10 heteroatoms. The number of nitrogens with zero attached hydrogens (tertiary/aromatic N) is 7. The summed E-state index contributed by atoms with van der Waals surface area (Å²) in [4.78, 5) is 19.8. The fraction of sp³-hybridized carbons (Fsp3) is 0.481. The third-order valence-corrected chi connectivity index (χ3v) is 7.24. The Kier molecular flexibility index (Phi) is 7.43.